The minimum Gasteiger partial charge on any atom is -0.356 e. The highest BCUT2D eigenvalue weighted by Crippen LogP contribution is 2.17. The first kappa shape index (κ1) is 9.33. The number of aromatic amines is 1. The molecule has 0 radical (unpaired) electrons. The predicted octanol–water partition coefficient (Wildman–Crippen LogP) is 2.23. The number of halogens is 1. The van der Waals surface area contributed by atoms with Gasteiger partial charge in [-0.1, -0.05) is 0 Å². The van der Waals surface area contributed by atoms with E-state index in [0.717, 1.165) is 24.0 Å². The van der Waals surface area contributed by atoms with Crippen LogP contribution in [0.2, 0.25) is 0 Å². The van der Waals surface area contributed by atoms with Crippen molar-refractivity contribution in [3.8, 4) is 0 Å². The van der Waals surface area contributed by atoms with Gasteiger partial charge in [-0.25, -0.2) is 0 Å². The average Bonchev–Trinajstić information content (AvgIpc) is 2.32. The lowest BCUT2D eigenvalue weighted by Crippen LogP contribution is -1.89. The first-order chi connectivity index (χ1) is 5.70. The maximum atomic E-state index is 10.5. The number of aryl methyl sites for hydroxylation is 1. The van der Waals surface area contributed by atoms with E-state index in [4.69, 9.17) is 11.6 Å². The molecule has 0 aliphatic rings. The van der Waals surface area contributed by atoms with Gasteiger partial charge in [-0.15, -0.1) is 11.6 Å². The molecule has 1 heterocycles. The second kappa shape index (κ2) is 3.76. The fourth-order valence-electron chi connectivity index (χ4n) is 1.40. The highest BCUT2D eigenvalue weighted by molar-refractivity contribution is 6.18. The van der Waals surface area contributed by atoms with Crippen molar-refractivity contribution >= 4 is 17.9 Å². The summed E-state index contributed by atoms with van der Waals surface area (Å²) in [5.74, 6) is 0.595. The van der Waals surface area contributed by atoms with Crippen LogP contribution in [-0.4, -0.2) is 17.2 Å². The van der Waals surface area contributed by atoms with Crippen LogP contribution in [0.5, 0.6) is 0 Å². The fourth-order valence-corrected chi connectivity index (χ4v) is 1.59. The van der Waals surface area contributed by atoms with Crippen LogP contribution in [0, 0.1) is 13.8 Å². The number of hydrogen-bond acceptors (Lipinski definition) is 1. The molecule has 12 heavy (non-hydrogen) atoms. The van der Waals surface area contributed by atoms with Crippen molar-refractivity contribution in [2.75, 3.05) is 5.88 Å². The molecule has 0 aliphatic heterocycles. The van der Waals surface area contributed by atoms with Crippen molar-refractivity contribution < 1.29 is 4.79 Å². The van der Waals surface area contributed by atoms with Crippen LogP contribution in [0.25, 0.3) is 0 Å². The maximum Gasteiger partial charge on any atom is 0.166 e. The van der Waals surface area contributed by atoms with Gasteiger partial charge in [0.15, 0.2) is 6.29 Å². The Hall–Kier alpha value is -0.760. The van der Waals surface area contributed by atoms with Gasteiger partial charge in [0, 0.05) is 11.6 Å². The van der Waals surface area contributed by atoms with Crippen LogP contribution in [0.15, 0.2) is 0 Å². The van der Waals surface area contributed by atoms with E-state index in [2.05, 4.69) is 4.98 Å². The Kier molecular flexibility index (Phi) is 2.93. The van der Waals surface area contributed by atoms with Crippen LogP contribution in [0.1, 0.15) is 27.3 Å². The first-order valence-electron chi connectivity index (χ1n) is 3.90. The normalized spacial score (nSPS) is 10.2. The third-order valence-electron chi connectivity index (χ3n) is 2.09. The Bertz CT molecular complexity index is 291. The zero-order valence-corrected chi connectivity index (χ0v) is 8.03. The number of rotatable bonds is 3. The van der Waals surface area contributed by atoms with E-state index in [1.165, 1.54) is 5.56 Å². The van der Waals surface area contributed by atoms with E-state index in [9.17, 15) is 4.79 Å². The summed E-state index contributed by atoms with van der Waals surface area (Å²) in [6, 6.07) is 0. The summed E-state index contributed by atoms with van der Waals surface area (Å²) >= 11 is 5.63. The summed E-state index contributed by atoms with van der Waals surface area (Å²) in [7, 11) is 0. The standard InChI is InChI=1S/C9H12ClNO/c1-6-8(3-4-10)7(2)11-9(6)5-12/h5,11H,3-4H2,1-2H3. The fraction of sp³-hybridized carbons (Fsp3) is 0.444. The minimum absolute atomic E-state index is 0.595. The average molecular weight is 186 g/mol. The third-order valence-corrected chi connectivity index (χ3v) is 2.28. The number of nitrogens with one attached hydrogen (secondary N) is 1. The molecule has 1 N–H and O–H groups in total. The van der Waals surface area contributed by atoms with Gasteiger partial charge in [0.25, 0.3) is 0 Å². The number of hydrogen-bond donors (Lipinski definition) is 1. The van der Waals surface area contributed by atoms with Gasteiger partial charge >= 0.3 is 0 Å². The van der Waals surface area contributed by atoms with Gasteiger partial charge in [0.2, 0.25) is 0 Å². The summed E-state index contributed by atoms with van der Waals surface area (Å²) in [5.41, 5.74) is 3.93. The summed E-state index contributed by atoms with van der Waals surface area (Å²) < 4.78 is 0. The van der Waals surface area contributed by atoms with Crippen molar-refractivity contribution in [2.45, 2.75) is 20.3 Å². The molecule has 0 bridgehead atoms. The molecule has 3 heteroatoms. The highest BCUT2D eigenvalue weighted by Gasteiger charge is 2.09. The van der Waals surface area contributed by atoms with Crippen molar-refractivity contribution in [1.29, 1.82) is 0 Å². The Balaban J connectivity index is 3.09. The Morgan fingerprint density at radius 3 is 2.58 bits per heavy atom. The van der Waals surface area contributed by atoms with E-state index in [-0.39, 0.29) is 0 Å². The molecule has 1 aromatic rings. The first-order valence-corrected chi connectivity index (χ1v) is 4.43. The smallest absolute Gasteiger partial charge is 0.166 e. The van der Waals surface area contributed by atoms with E-state index in [1.807, 2.05) is 13.8 Å². The van der Waals surface area contributed by atoms with Crippen molar-refractivity contribution in [2.24, 2.45) is 0 Å². The molecule has 0 aliphatic carbocycles. The summed E-state index contributed by atoms with van der Waals surface area (Å²) in [6.45, 7) is 3.90. The molecule has 0 unspecified atom stereocenters. The molecule has 0 amide bonds. The predicted molar refractivity (Wildman–Crippen MR) is 50.1 cm³/mol. The number of aldehydes is 1. The van der Waals surface area contributed by atoms with Gasteiger partial charge in [-0.2, -0.15) is 0 Å². The van der Waals surface area contributed by atoms with E-state index < -0.39 is 0 Å². The minimum atomic E-state index is 0.595. The van der Waals surface area contributed by atoms with Crippen molar-refractivity contribution in [3.05, 3.63) is 22.5 Å². The lowest BCUT2D eigenvalue weighted by atomic mass is 10.1. The Labute approximate surface area is 76.9 Å². The van der Waals surface area contributed by atoms with Gasteiger partial charge in [0.1, 0.15) is 0 Å². The van der Waals surface area contributed by atoms with Crippen LogP contribution in [0.4, 0.5) is 0 Å². The molecule has 0 saturated carbocycles. The third kappa shape index (κ3) is 1.53. The molecule has 0 spiro atoms. The molecule has 1 rings (SSSR count). The SMILES string of the molecule is Cc1[nH]c(C=O)c(C)c1CCCl. The second-order valence-electron chi connectivity index (χ2n) is 2.82. The molecule has 0 saturated heterocycles. The van der Waals surface area contributed by atoms with Gasteiger partial charge in [-0.3, -0.25) is 4.79 Å². The number of H-pyrrole nitrogens is 1. The zero-order valence-electron chi connectivity index (χ0n) is 7.28. The Morgan fingerprint density at radius 2 is 2.17 bits per heavy atom. The monoisotopic (exact) mass is 185 g/mol. The van der Waals surface area contributed by atoms with Gasteiger partial charge in [-0.05, 0) is 31.4 Å². The molecule has 0 aromatic carbocycles. The van der Waals surface area contributed by atoms with Gasteiger partial charge in [0.05, 0.1) is 5.69 Å². The quantitative estimate of drug-likeness (QED) is 0.569. The van der Waals surface area contributed by atoms with Crippen LogP contribution in [-0.2, 0) is 6.42 Å². The van der Waals surface area contributed by atoms with Crippen LogP contribution < -0.4 is 0 Å². The molecule has 1 aromatic heterocycles. The summed E-state index contributed by atoms with van der Waals surface area (Å²) in [5, 5.41) is 0. The van der Waals surface area contributed by atoms with Gasteiger partial charge < -0.3 is 4.98 Å². The van der Waals surface area contributed by atoms with E-state index in [1.54, 1.807) is 0 Å². The molecule has 0 fully saturated rings. The maximum absolute atomic E-state index is 10.5. The van der Waals surface area contributed by atoms with E-state index in [0.29, 0.717) is 11.6 Å². The second-order valence-corrected chi connectivity index (χ2v) is 3.20. The van der Waals surface area contributed by atoms with E-state index >= 15 is 0 Å². The Morgan fingerprint density at radius 1 is 1.50 bits per heavy atom. The number of carbonyl (C=O) groups excluding carboxylic acids is 1. The number of carbonyl (C=O) groups is 1. The van der Waals surface area contributed by atoms with Crippen LogP contribution in [0.3, 0.4) is 0 Å². The highest BCUT2D eigenvalue weighted by atomic mass is 35.5. The molecular weight excluding hydrogens is 174 g/mol. The molecule has 2 nitrogen and oxygen atoms in total. The largest absolute Gasteiger partial charge is 0.356 e. The lowest BCUT2D eigenvalue weighted by Gasteiger charge is -1.96. The summed E-state index contributed by atoms with van der Waals surface area (Å²) in [6.07, 6.45) is 1.67. The van der Waals surface area contributed by atoms with Crippen LogP contribution >= 0.6 is 11.6 Å². The topological polar surface area (TPSA) is 32.9 Å². The zero-order chi connectivity index (χ0) is 9.14. The number of alkyl halides is 1. The summed E-state index contributed by atoms with van der Waals surface area (Å²) in [4.78, 5) is 13.6. The molecule has 66 valence electrons. The van der Waals surface area contributed by atoms with Crippen molar-refractivity contribution in [1.82, 2.24) is 4.98 Å². The van der Waals surface area contributed by atoms with Crippen molar-refractivity contribution in [3.63, 3.8) is 0 Å². The molecule has 0 atom stereocenters. The lowest BCUT2D eigenvalue weighted by molar-refractivity contribution is 0.111. The molecular formula is C9H12ClNO. The number of aromatic nitrogens is 1.